The number of benzene rings is 1. The number of hydrogen-bond acceptors (Lipinski definition) is 2. The Bertz CT molecular complexity index is 605. The van der Waals surface area contributed by atoms with Crippen LogP contribution in [0.5, 0.6) is 0 Å². The van der Waals surface area contributed by atoms with Gasteiger partial charge in [-0.15, -0.1) is 0 Å². The average Bonchev–Trinajstić information content (AvgIpc) is 2.55. The summed E-state index contributed by atoms with van der Waals surface area (Å²) in [5.41, 5.74) is 0.505. The first kappa shape index (κ1) is 21.2. The summed E-state index contributed by atoms with van der Waals surface area (Å²) in [6.45, 7) is 9.89. The average molecular weight is 371 g/mol. The Morgan fingerprint density at radius 3 is 2.56 bits per heavy atom. The minimum Gasteiger partial charge on any atom is -0.357 e. The van der Waals surface area contributed by atoms with E-state index in [1.54, 1.807) is 6.07 Å². The smallest absolute Gasteiger partial charge is 0.241 e. The van der Waals surface area contributed by atoms with Gasteiger partial charge in [-0.1, -0.05) is 38.4 Å². The van der Waals surface area contributed by atoms with Crippen LogP contribution >= 0.6 is 11.6 Å². The molecule has 1 aromatic rings. The van der Waals surface area contributed by atoms with Gasteiger partial charge < -0.3 is 16.0 Å². The number of carbonyl (C=O) groups excluding carboxylic acids is 1. The van der Waals surface area contributed by atoms with Gasteiger partial charge in [0.1, 0.15) is 12.4 Å². The van der Waals surface area contributed by atoms with E-state index in [4.69, 9.17) is 11.6 Å². The van der Waals surface area contributed by atoms with E-state index in [0.29, 0.717) is 30.6 Å². The number of aliphatic imine (C=N–C) groups is 1. The van der Waals surface area contributed by atoms with Crippen LogP contribution in [0.3, 0.4) is 0 Å². The maximum atomic E-state index is 13.2. The lowest BCUT2D eigenvalue weighted by molar-refractivity contribution is -0.119. The van der Waals surface area contributed by atoms with Gasteiger partial charge in [-0.25, -0.2) is 9.38 Å². The molecule has 0 aliphatic heterocycles. The third-order valence-electron chi connectivity index (χ3n) is 3.66. The standard InChI is InChI=1S/C18H28ClFN4O/c1-5-9-22-16(25)11-23-17(21-6-2)24-12-18(3,4)14-8-7-13(20)10-15(14)19/h7-8,10H,5-6,9,11-12H2,1-4H3,(H,22,25)(H2,21,23,24). The van der Waals surface area contributed by atoms with Crippen LogP contribution < -0.4 is 16.0 Å². The SMILES string of the molecule is CCCNC(=O)CN=C(NCC)NCC(C)(C)c1ccc(F)cc1Cl. The van der Waals surface area contributed by atoms with Gasteiger partial charge in [0.25, 0.3) is 0 Å². The molecule has 0 spiro atoms. The second-order valence-electron chi connectivity index (χ2n) is 6.41. The number of hydrogen-bond donors (Lipinski definition) is 3. The molecule has 5 nitrogen and oxygen atoms in total. The molecule has 0 aromatic heterocycles. The van der Waals surface area contributed by atoms with Gasteiger partial charge >= 0.3 is 0 Å². The Morgan fingerprint density at radius 1 is 1.24 bits per heavy atom. The molecule has 0 heterocycles. The van der Waals surface area contributed by atoms with Crippen LogP contribution in [0.15, 0.2) is 23.2 Å². The summed E-state index contributed by atoms with van der Waals surface area (Å²) in [7, 11) is 0. The molecule has 1 amide bonds. The highest BCUT2D eigenvalue weighted by Crippen LogP contribution is 2.29. The lowest BCUT2D eigenvalue weighted by Crippen LogP contribution is -2.44. The van der Waals surface area contributed by atoms with Crippen LogP contribution in [0.2, 0.25) is 5.02 Å². The summed E-state index contributed by atoms with van der Waals surface area (Å²) in [5, 5.41) is 9.51. The van der Waals surface area contributed by atoms with Gasteiger partial charge in [-0.3, -0.25) is 4.79 Å². The fraction of sp³-hybridized carbons (Fsp3) is 0.556. The molecule has 0 aliphatic rings. The van der Waals surface area contributed by atoms with Crippen LogP contribution in [-0.4, -0.2) is 38.0 Å². The van der Waals surface area contributed by atoms with E-state index in [9.17, 15) is 9.18 Å². The Balaban J connectivity index is 2.73. The fourth-order valence-electron chi connectivity index (χ4n) is 2.25. The normalized spacial score (nSPS) is 12.0. The highest BCUT2D eigenvalue weighted by Gasteiger charge is 2.24. The molecule has 0 atom stereocenters. The number of amides is 1. The third-order valence-corrected chi connectivity index (χ3v) is 3.97. The minimum absolute atomic E-state index is 0.0626. The number of guanidine groups is 1. The summed E-state index contributed by atoms with van der Waals surface area (Å²) in [4.78, 5) is 16.0. The molecular weight excluding hydrogens is 343 g/mol. The second kappa shape index (κ2) is 10.2. The molecule has 0 bridgehead atoms. The molecule has 1 rings (SSSR count). The van der Waals surface area contributed by atoms with Crippen molar-refractivity contribution >= 4 is 23.5 Å². The molecule has 0 saturated carbocycles. The van der Waals surface area contributed by atoms with E-state index in [2.05, 4.69) is 20.9 Å². The van der Waals surface area contributed by atoms with Gasteiger partial charge in [-0.2, -0.15) is 0 Å². The topological polar surface area (TPSA) is 65.5 Å². The third kappa shape index (κ3) is 7.30. The molecule has 0 fully saturated rings. The van der Waals surface area contributed by atoms with Gasteiger partial charge in [0.2, 0.25) is 5.91 Å². The molecule has 0 saturated heterocycles. The molecule has 0 unspecified atom stereocenters. The maximum absolute atomic E-state index is 13.2. The van der Waals surface area contributed by atoms with Crippen LogP contribution in [0.1, 0.15) is 39.7 Å². The first-order valence-corrected chi connectivity index (χ1v) is 8.92. The predicted octanol–water partition coefficient (Wildman–Crippen LogP) is 2.84. The highest BCUT2D eigenvalue weighted by atomic mass is 35.5. The molecular formula is C18H28ClFN4O. The first-order chi connectivity index (χ1) is 11.8. The molecule has 7 heteroatoms. The van der Waals surface area contributed by atoms with Gasteiger partial charge in [0.15, 0.2) is 5.96 Å². The molecule has 0 aliphatic carbocycles. The van der Waals surface area contributed by atoms with Gasteiger partial charge in [0.05, 0.1) is 0 Å². The van der Waals surface area contributed by atoms with Crippen molar-refractivity contribution < 1.29 is 9.18 Å². The molecule has 140 valence electrons. The Labute approximate surface area is 154 Å². The number of nitrogens with zero attached hydrogens (tertiary/aromatic N) is 1. The van der Waals surface area contributed by atoms with Crippen molar-refractivity contribution in [3.05, 3.63) is 34.6 Å². The summed E-state index contributed by atoms with van der Waals surface area (Å²) in [5.74, 6) is 0.0888. The largest absolute Gasteiger partial charge is 0.357 e. The minimum atomic E-state index is -0.356. The fourth-order valence-corrected chi connectivity index (χ4v) is 2.67. The Kier molecular flexibility index (Phi) is 8.69. The van der Waals surface area contributed by atoms with Crippen LogP contribution in [0.4, 0.5) is 4.39 Å². The van der Waals surface area contributed by atoms with Crippen molar-refractivity contribution in [2.24, 2.45) is 4.99 Å². The number of carbonyl (C=O) groups is 1. The molecule has 25 heavy (non-hydrogen) atoms. The van der Waals surface area contributed by atoms with Gasteiger partial charge in [0, 0.05) is 30.1 Å². The van der Waals surface area contributed by atoms with Crippen molar-refractivity contribution in [3.8, 4) is 0 Å². The molecule has 1 aromatic carbocycles. The number of halogens is 2. The van der Waals surface area contributed by atoms with E-state index < -0.39 is 0 Å². The van der Waals surface area contributed by atoms with E-state index in [1.807, 2.05) is 27.7 Å². The number of rotatable bonds is 8. The quantitative estimate of drug-likeness (QED) is 0.487. The number of nitrogens with one attached hydrogen (secondary N) is 3. The lowest BCUT2D eigenvalue weighted by Gasteiger charge is -2.27. The zero-order valence-electron chi connectivity index (χ0n) is 15.4. The van der Waals surface area contributed by atoms with E-state index in [0.717, 1.165) is 12.0 Å². The van der Waals surface area contributed by atoms with E-state index in [-0.39, 0.29) is 23.7 Å². The Morgan fingerprint density at radius 2 is 1.96 bits per heavy atom. The predicted molar refractivity (Wildman–Crippen MR) is 102 cm³/mol. The zero-order chi connectivity index (χ0) is 18.9. The van der Waals surface area contributed by atoms with Crippen molar-refractivity contribution in [2.45, 2.75) is 39.5 Å². The molecule has 0 radical (unpaired) electrons. The summed E-state index contributed by atoms with van der Waals surface area (Å²) >= 11 is 6.18. The van der Waals surface area contributed by atoms with Crippen molar-refractivity contribution in [1.82, 2.24) is 16.0 Å². The van der Waals surface area contributed by atoms with Crippen LogP contribution in [0.25, 0.3) is 0 Å². The monoisotopic (exact) mass is 370 g/mol. The highest BCUT2D eigenvalue weighted by molar-refractivity contribution is 6.31. The summed E-state index contributed by atoms with van der Waals surface area (Å²) in [6, 6.07) is 4.41. The summed E-state index contributed by atoms with van der Waals surface area (Å²) < 4.78 is 13.2. The van der Waals surface area contributed by atoms with Crippen molar-refractivity contribution in [2.75, 3.05) is 26.2 Å². The maximum Gasteiger partial charge on any atom is 0.241 e. The Hall–Kier alpha value is -1.82. The van der Waals surface area contributed by atoms with Crippen molar-refractivity contribution in [1.29, 1.82) is 0 Å². The molecule has 3 N–H and O–H groups in total. The zero-order valence-corrected chi connectivity index (χ0v) is 16.1. The van der Waals surface area contributed by atoms with Crippen LogP contribution in [0, 0.1) is 5.82 Å². The lowest BCUT2D eigenvalue weighted by atomic mass is 9.84. The summed E-state index contributed by atoms with van der Waals surface area (Å²) in [6.07, 6.45) is 0.889. The van der Waals surface area contributed by atoms with E-state index in [1.165, 1.54) is 12.1 Å². The van der Waals surface area contributed by atoms with Crippen molar-refractivity contribution in [3.63, 3.8) is 0 Å². The second-order valence-corrected chi connectivity index (χ2v) is 6.81. The van der Waals surface area contributed by atoms with Gasteiger partial charge in [-0.05, 0) is 31.0 Å². The van der Waals surface area contributed by atoms with Crippen LogP contribution in [-0.2, 0) is 10.2 Å². The van der Waals surface area contributed by atoms with E-state index >= 15 is 0 Å². The first-order valence-electron chi connectivity index (χ1n) is 8.54.